The van der Waals surface area contributed by atoms with Crippen molar-refractivity contribution >= 4 is 0 Å². The summed E-state index contributed by atoms with van der Waals surface area (Å²) >= 11 is 0. The van der Waals surface area contributed by atoms with Gasteiger partial charge in [-0.1, -0.05) is 0 Å². The lowest BCUT2D eigenvalue weighted by atomic mass is 9.98. The quantitative estimate of drug-likeness (QED) is 0.719. The van der Waals surface area contributed by atoms with Crippen LogP contribution in [0.25, 0.3) is 0 Å². The molecule has 2 atom stereocenters. The lowest BCUT2D eigenvalue weighted by Gasteiger charge is -2.15. The van der Waals surface area contributed by atoms with Crippen LogP contribution in [-0.4, -0.2) is 13.1 Å². The molecule has 1 aromatic heterocycles. The Hall–Kier alpha value is -0.800. The van der Waals surface area contributed by atoms with Crippen LogP contribution in [0.2, 0.25) is 0 Å². The highest BCUT2D eigenvalue weighted by Crippen LogP contribution is 2.25. The molecule has 3 nitrogen and oxygen atoms in total. The number of hydrogen-bond donors (Lipinski definition) is 2. The zero-order chi connectivity index (χ0) is 9.26. The fourth-order valence-corrected chi connectivity index (χ4v) is 1.85. The monoisotopic (exact) mass is 180 g/mol. The van der Waals surface area contributed by atoms with Gasteiger partial charge < -0.3 is 15.5 Å². The second-order valence-electron chi connectivity index (χ2n) is 3.73. The zero-order valence-corrected chi connectivity index (χ0v) is 7.92. The Morgan fingerprint density at radius 1 is 1.62 bits per heavy atom. The molecular weight excluding hydrogens is 164 g/mol. The molecule has 1 fully saturated rings. The third-order valence-corrected chi connectivity index (χ3v) is 2.70. The summed E-state index contributed by atoms with van der Waals surface area (Å²) in [5.41, 5.74) is 6.08. The molecule has 3 N–H and O–H groups in total. The molecule has 2 unspecified atom stereocenters. The van der Waals surface area contributed by atoms with E-state index in [4.69, 9.17) is 10.2 Å². The first kappa shape index (κ1) is 8.78. The molecule has 1 aliphatic heterocycles. The Kier molecular flexibility index (Phi) is 2.38. The molecule has 2 rings (SSSR count). The van der Waals surface area contributed by atoms with Gasteiger partial charge in [0, 0.05) is 0 Å². The average molecular weight is 180 g/mol. The Labute approximate surface area is 78.3 Å². The number of aryl methyl sites for hydroxylation is 1. The maximum absolute atomic E-state index is 6.08. The van der Waals surface area contributed by atoms with Crippen molar-refractivity contribution in [3.05, 3.63) is 23.7 Å². The SMILES string of the molecule is Cc1ccc(C(N)C2CCNC2)o1. The number of hydrogen-bond acceptors (Lipinski definition) is 3. The van der Waals surface area contributed by atoms with Gasteiger partial charge in [0.2, 0.25) is 0 Å². The molecule has 0 saturated carbocycles. The fraction of sp³-hybridized carbons (Fsp3) is 0.600. The summed E-state index contributed by atoms with van der Waals surface area (Å²) in [6.45, 7) is 4.04. The minimum atomic E-state index is 0.0590. The summed E-state index contributed by atoms with van der Waals surface area (Å²) < 4.78 is 5.50. The summed E-state index contributed by atoms with van der Waals surface area (Å²) in [4.78, 5) is 0. The summed E-state index contributed by atoms with van der Waals surface area (Å²) in [6, 6.07) is 4.01. The van der Waals surface area contributed by atoms with E-state index in [1.807, 2.05) is 19.1 Å². The first-order chi connectivity index (χ1) is 6.27. The Bertz CT molecular complexity index is 276. The minimum Gasteiger partial charge on any atom is -0.465 e. The molecule has 2 heterocycles. The fourth-order valence-electron chi connectivity index (χ4n) is 1.85. The van der Waals surface area contributed by atoms with Crippen LogP contribution in [0, 0.1) is 12.8 Å². The van der Waals surface area contributed by atoms with Gasteiger partial charge in [-0.25, -0.2) is 0 Å². The molecule has 1 aliphatic rings. The maximum Gasteiger partial charge on any atom is 0.121 e. The van der Waals surface area contributed by atoms with Crippen molar-refractivity contribution in [3.8, 4) is 0 Å². The largest absolute Gasteiger partial charge is 0.465 e. The topological polar surface area (TPSA) is 51.2 Å². The highest BCUT2D eigenvalue weighted by Gasteiger charge is 2.24. The smallest absolute Gasteiger partial charge is 0.121 e. The molecule has 0 spiro atoms. The Morgan fingerprint density at radius 2 is 2.46 bits per heavy atom. The van der Waals surface area contributed by atoms with Gasteiger partial charge >= 0.3 is 0 Å². The molecule has 0 radical (unpaired) electrons. The third kappa shape index (κ3) is 1.76. The number of furan rings is 1. The van der Waals surface area contributed by atoms with Crippen molar-refractivity contribution < 1.29 is 4.42 Å². The van der Waals surface area contributed by atoms with Crippen molar-refractivity contribution in [2.75, 3.05) is 13.1 Å². The summed E-state index contributed by atoms with van der Waals surface area (Å²) in [6.07, 6.45) is 1.15. The van der Waals surface area contributed by atoms with Crippen LogP contribution in [-0.2, 0) is 0 Å². The van der Waals surface area contributed by atoms with E-state index in [2.05, 4.69) is 5.32 Å². The highest BCUT2D eigenvalue weighted by molar-refractivity contribution is 5.10. The van der Waals surface area contributed by atoms with Crippen LogP contribution in [0.15, 0.2) is 16.5 Å². The molecular formula is C10H16N2O. The Balaban J connectivity index is 2.07. The van der Waals surface area contributed by atoms with Gasteiger partial charge in [0.25, 0.3) is 0 Å². The molecule has 13 heavy (non-hydrogen) atoms. The van der Waals surface area contributed by atoms with Gasteiger partial charge in [0.15, 0.2) is 0 Å². The average Bonchev–Trinajstić information content (AvgIpc) is 2.72. The Morgan fingerprint density at radius 3 is 3.00 bits per heavy atom. The molecule has 72 valence electrons. The maximum atomic E-state index is 6.08. The molecule has 0 amide bonds. The first-order valence-corrected chi connectivity index (χ1v) is 4.80. The summed E-state index contributed by atoms with van der Waals surface area (Å²) in [7, 11) is 0. The van der Waals surface area contributed by atoms with E-state index < -0.39 is 0 Å². The van der Waals surface area contributed by atoms with Crippen molar-refractivity contribution in [1.82, 2.24) is 5.32 Å². The van der Waals surface area contributed by atoms with Crippen LogP contribution >= 0.6 is 0 Å². The van der Waals surface area contributed by atoms with E-state index in [1.165, 1.54) is 0 Å². The standard InChI is InChI=1S/C10H16N2O/c1-7-2-3-9(13-7)10(11)8-4-5-12-6-8/h2-3,8,10,12H,4-6,11H2,1H3. The van der Waals surface area contributed by atoms with E-state index in [1.54, 1.807) is 0 Å². The molecule has 1 saturated heterocycles. The summed E-state index contributed by atoms with van der Waals surface area (Å²) in [5, 5.41) is 3.31. The molecule has 0 bridgehead atoms. The van der Waals surface area contributed by atoms with Crippen molar-refractivity contribution in [2.24, 2.45) is 11.7 Å². The van der Waals surface area contributed by atoms with Crippen molar-refractivity contribution in [1.29, 1.82) is 0 Å². The van der Waals surface area contributed by atoms with Crippen LogP contribution in [0.1, 0.15) is 24.0 Å². The molecule has 1 aromatic rings. The van der Waals surface area contributed by atoms with E-state index >= 15 is 0 Å². The zero-order valence-electron chi connectivity index (χ0n) is 7.92. The number of nitrogens with one attached hydrogen (secondary N) is 1. The van der Waals surface area contributed by atoms with Crippen LogP contribution in [0.3, 0.4) is 0 Å². The number of rotatable bonds is 2. The molecule has 3 heteroatoms. The lowest BCUT2D eigenvalue weighted by Crippen LogP contribution is -2.22. The predicted octanol–water partition coefficient (Wildman–Crippen LogP) is 1.20. The highest BCUT2D eigenvalue weighted by atomic mass is 16.3. The van der Waals surface area contributed by atoms with Crippen LogP contribution < -0.4 is 11.1 Å². The predicted molar refractivity (Wildman–Crippen MR) is 51.4 cm³/mol. The second-order valence-corrected chi connectivity index (χ2v) is 3.73. The van der Waals surface area contributed by atoms with Gasteiger partial charge in [-0.05, 0) is 44.5 Å². The van der Waals surface area contributed by atoms with Gasteiger partial charge in [0.05, 0.1) is 6.04 Å². The number of nitrogens with two attached hydrogens (primary N) is 1. The van der Waals surface area contributed by atoms with Crippen molar-refractivity contribution in [3.63, 3.8) is 0 Å². The minimum absolute atomic E-state index is 0.0590. The van der Waals surface area contributed by atoms with E-state index in [9.17, 15) is 0 Å². The van der Waals surface area contributed by atoms with E-state index in [0.717, 1.165) is 31.0 Å². The molecule has 0 aliphatic carbocycles. The second kappa shape index (κ2) is 3.52. The van der Waals surface area contributed by atoms with Gasteiger partial charge in [0.1, 0.15) is 11.5 Å². The van der Waals surface area contributed by atoms with Gasteiger partial charge in [-0.3, -0.25) is 0 Å². The van der Waals surface area contributed by atoms with Crippen LogP contribution in [0.5, 0.6) is 0 Å². The first-order valence-electron chi connectivity index (χ1n) is 4.80. The summed E-state index contributed by atoms with van der Waals surface area (Å²) in [5.74, 6) is 2.40. The lowest BCUT2D eigenvalue weighted by molar-refractivity contribution is 0.374. The molecule has 0 aromatic carbocycles. The van der Waals surface area contributed by atoms with E-state index in [-0.39, 0.29) is 6.04 Å². The van der Waals surface area contributed by atoms with Crippen LogP contribution in [0.4, 0.5) is 0 Å². The normalized spacial score (nSPS) is 24.9. The van der Waals surface area contributed by atoms with Gasteiger partial charge in [-0.2, -0.15) is 0 Å². The van der Waals surface area contributed by atoms with Gasteiger partial charge in [-0.15, -0.1) is 0 Å². The van der Waals surface area contributed by atoms with E-state index in [0.29, 0.717) is 5.92 Å². The third-order valence-electron chi connectivity index (χ3n) is 2.70. The van der Waals surface area contributed by atoms with Crippen molar-refractivity contribution in [2.45, 2.75) is 19.4 Å².